The lowest BCUT2D eigenvalue weighted by atomic mass is 10.1. The molecule has 1 N–H and O–H groups in total. The van der Waals surface area contributed by atoms with Gasteiger partial charge in [-0.05, 0) is 32.1 Å². The van der Waals surface area contributed by atoms with Crippen LogP contribution in [0.4, 0.5) is 0 Å². The quantitative estimate of drug-likeness (QED) is 0.542. The third-order valence-electron chi connectivity index (χ3n) is 4.08. The zero-order valence-electron chi connectivity index (χ0n) is 15.3. The first-order chi connectivity index (χ1) is 12.5. The SMILES string of the molecule is C=C(O)/C=C\c1c(C)nc(-c2ccc(C)cc2)n1-c1ccnc(CC)n1. The molecule has 0 unspecified atom stereocenters. The van der Waals surface area contributed by atoms with Gasteiger partial charge in [-0.25, -0.2) is 15.0 Å². The second-order valence-electron chi connectivity index (χ2n) is 6.12. The van der Waals surface area contributed by atoms with Crippen molar-refractivity contribution < 1.29 is 5.11 Å². The average molecular weight is 346 g/mol. The molecule has 2 aromatic heterocycles. The van der Waals surface area contributed by atoms with Crippen molar-refractivity contribution in [2.75, 3.05) is 0 Å². The molecule has 132 valence electrons. The number of aryl methyl sites for hydroxylation is 3. The number of nitrogens with zero attached hydrogens (tertiary/aromatic N) is 4. The molecule has 3 rings (SSSR count). The molecule has 0 aliphatic carbocycles. The van der Waals surface area contributed by atoms with Crippen molar-refractivity contribution in [1.82, 2.24) is 19.5 Å². The van der Waals surface area contributed by atoms with Gasteiger partial charge in [-0.2, -0.15) is 0 Å². The van der Waals surface area contributed by atoms with E-state index in [0.29, 0.717) is 0 Å². The first-order valence-corrected chi connectivity index (χ1v) is 8.54. The Bertz CT molecular complexity index is 968. The summed E-state index contributed by atoms with van der Waals surface area (Å²) in [6, 6.07) is 10.1. The highest BCUT2D eigenvalue weighted by Gasteiger charge is 2.17. The van der Waals surface area contributed by atoms with Crippen LogP contribution in [0, 0.1) is 13.8 Å². The summed E-state index contributed by atoms with van der Waals surface area (Å²) in [6.07, 6.45) is 5.87. The van der Waals surface area contributed by atoms with E-state index in [1.54, 1.807) is 18.3 Å². The summed E-state index contributed by atoms with van der Waals surface area (Å²) in [4.78, 5) is 13.7. The molecule has 26 heavy (non-hydrogen) atoms. The lowest BCUT2D eigenvalue weighted by molar-refractivity contribution is 0.436. The molecule has 5 heteroatoms. The number of benzene rings is 1. The molecule has 0 fully saturated rings. The van der Waals surface area contributed by atoms with Crippen molar-refractivity contribution in [1.29, 1.82) is 0 Å². The minimum Gasteiger partial charge on any atom is -0.509 e. The summed E-state index contributed by atoms with van der Waals surface area (Å²) >= 11 is 0. The Labute approximate surface area is 153 Å². The van der Waals surface area contributed by atoms with Crippen molar-refractivity contribution in [3.63, 3.8) is 0 Å². The largest absolute Gasteiger partial charge is 0.509 e. The van der Waals surface area contributed by atoms with Crippen LogP contribution < -0.4 is 0 Å². The predicted octanol–water partition coefficient (Wildman–Crippen LogP) is 4.59. The third kappa shape index (κ3) is 3.57. The van der Waals surface area contributed by atoms with Gasteiger partial charge in [-0.3, -0.25) is 4.57 Å². The number of aromatic nitrogens is 4. The normalized spacial score (nSPS) is 11.2. The lowest BCUT2D eigenvalue weighted by Crippen LogP contribution is -2.05. The molecule has 2 heterocycles. The van der Waals surface area contributed by atoms with Crippen LogP contribution in [0.5, 0.6) is 0 Å². The molecule has 0 aliphatic rings. The number of imidazole rings is 1. The molecule has 3 aromatic rings. The Morgan fingerprint density at radius 3 is 2.54 bits per heavy atom. The number of rotatable bonds is 5. The van der Waals surface area contributed by atoms with Crippen molar-refractivity contribution >= 4 is 6.08 Å². The van der Waals surface area contributed by atoms with Crippen molar-refractivity contribution in [3.8, 4) is 17.2 Å². The second kappa shape index (κ2) is 7.35. The number of aliphatic hydroxyl groups excluding tert-OH is 1. The highest BCUT2D eigenvalue weighted by Crippen LogP contribution is 2.27. The van der Waals surface area contributed by atoms with E-state index in [2.05, 4.69) is 35.6 Å². The van der Waals surface area contributed by atoms with E-state index < -0.39 is 0 Å². The molecule has 1 aromatic carbocycles. The Kier molecular flexibility index (Phi) is 4.98. The molecule has 0 amide bonds. The van der Waals surface area contributed by atoms with Gasteiger partial charge >= 0.3 is 0 Å². The van der Waals surface area contributed by atoms with E-state index in [0.717, 1.165) is 40.8 Å². The molecule has 0 saturated carbocycles. The van der Waals surface area contributed by atoms with Crippen LogP contribution in [-0.2, 0) is 6.42 Å². The predicted molar refractivity (Wildman–Crippen MR) is 104 cm³/mol. The van der Waals surface area contributed by atoms with Crippen LogP contribution in [0.3, 0.4) is 0 Å². The second-order valence-corrected chi connectivity index (χ2v) is 6.12. The zero-order valence-corrected chi connectivity index (χ0v) is 15.3. The van der Waals surface area contributed by atoms with Gasteiger partial charge in [-0.15, -0.1) is 0 Å². The number of aliphatic hydroxyl groups is 1. The maximum Gasteiger partial charge on any atom is 0.146 e. The molecule has 0 spiro atoms. The summed E-state index contributed by atoms with van der Waals surface area (Å²) in [6.45, 7) is 9.54. The van der Waals surface area contributed by atoms with Crippen molar-refractivity contribution in [3.05, 3.63) is 77.7 Å². The Balaban J connectivity index is 2.26. The highest BCUT2D eigenvalue weighted by atomic mass is 16.3. The summed E-state index contributed by atoms with van der Waals surface area (Å²) in [5, 5.41) is 9.47. The van der Waals surface area contributed by atoms with Gasteiger partial charge in [0.25, 0.3) is 0 Å². The minimum absolute atomic E-state index is 0.00836. The van der Waals surface area contributed by atoms with Crippen LogP contribution in [0.15, 0.2) is 54.9 Å². The maximum atomic E-state index is 9.47. The lowest BCUT2D eigenvalue weighted by Gasteiger charge is -2.11. The van der Waals surface area contributed by atoms with Crippen LogP contribution in [0.25, 0.3) is 23.3 Å². The smallest absolute Gasteiger partial charge is 0.146 e. The van der Waals surface area contributed by atoms with Gasteiger partial charge in [0.15, 0.2) is 0 Å². The van der Waals surface area contributed by atoms with Gasteiger partial charge in [-0.1, -0.05) is 43.3 Å². The van der Waals surface area contributed by atoms with Crippen molar-refractivity contribution in [2.24, 2.45) is 0 Å². The topological polar surface area (TPSA) is 63.8 Å². The van der Waals surface area contributed by atoms with Crippen molar-refractivity contribution in [2.45, 2.75) is 27.2 Å². The summed E-state index contributed by atoms with van der Waals surface area (Å²) in [5.41, 5.74) is 3.87. The van der Waals surface area contributed by atoms with Gasteiger partial charge < -0.3 is 5.11 Å². The van der Waals surface area contributed by atoms with Gasteiger partial charge in [0.1, 0.15) is 23.2 Å². The molecular formula is C21H22N4O. The first kappa shape index (κ1) is 17.6. The van der Waals surface area contributed by atoms with Gasteiger partial charge in [0.05, 0.1) is 11.4 Å². The third-order valence-corrected chi connectivity index (χ3v) is 4.08. The fourth-order valence-corrected chi connectivity index (χ4v) is 2.72. The Morgan fingerprint density at radius 1 is 1.15 bits per heavy atom. The van der Waals surface area contributed by atoms with Crippen LogP contribution in [-0.4, -0.2) is 24.6 Å². The van der Waals surface area contributed by atoms with E-state index in [4.69, 9.17) is 4.98 Å². The molecule has 0 bridgehead atoms. The van der Waals surface area contributed by atoms with E-state index in [9.17, 15) is 5.11 Å². The number of allylic oxidation sites excluding steroid dienone is 1. The van der Waals surface area contributed by atoms with Crippen LogP contribution in [0.1, 0.15) is 29.7 Å². The van der Waals surface area contributed by atoms with E-state index in [1.807, 2.05) is 36.6 Å². The fraction of sp³-hybridized carbons (Fsp3) is 0.190. The zero-order chi connectivity index (χ0) is 18.7. The molecule has 0 aliphatic heterocycles. The summed E-state index contributed by atoms with van der Waals surface area (Å²) < 4.78 is 1.99. The molecular weight excluding hydrogens is 324 g/mol. The highest BCUT2D eigenvalue weighted by molar-refractivity contribution is 5.65. The summed E-state index contributed by atoms with van der Waals surface area (Å²) in [7, 11) is 0. The maximum absolute atomic E-state index is 9.47. The molecule has 0 saturated heterocycles. The van der Waals surface area contributed by atoms with E-state index in [-0.39, 0.29) is 5.76 Å². The standard InChI is InChI=1S/C21H22N4O/c1-5-19-22-13-12-20(24-19)25-18(11-8-15(3)26)16(4)23-21(25)17-9-6-14(2)7-10-17/h6-13,26H,3,5H2,1-2,4H3/b11-8-. The monoisotopic (exact) mass is 346 g/mol. The van der Waals surface area contributed by atoms with Gasteiger partial charge in [0, 0.05) is 18.2 Å². The molecule has 0 radical (unpaired) electrons. The minimum atomic E-state index is -0.00836. The Hall–Kier alpha value is -3.21. The fourth-order valence-electron chi connectivity index (χ4n) is 2.72. The van der Waals surface area contributed by atoms with Crippen LogP contribution >= 0.6 is 0 Å². The van der Waals surface area contributed by atoms with Gasteiger partial charge in [0.2, 0.25) is 0 Å². The number of hydrogen-bond donors (Lipinski definition) is 1. The first-order valence-electron chi connectivity index (χ1n) is 8.54. The van der Waals surface area contributed by atoms with E-state index >= 15 is 0 Å². The molecule has 0 atom stereocenters. The molecule has 5 nitrogen and oxygen atoms in total. The Morgan fingerprint density at radius 2 is 1.88 bits per heavy atom. The van der Waals surface area contributed by atoms with Crippen LogP contribution in [0.2, 0.25) is 0 Å². The number of hydrogen-bond acceptors (Lipinski definition) is 4. The van der Waals surface area contributed by atoms with E-state index in [1.165, 1.54) is 5.56 Å². The average Bonchev–Trinajstić information content (AvgIpc) is 2.97. The summed E-state index contributed by atoms with van der Waals surface area (Å²) in [5.74, 6) is 2.30.